The van der Waals surface area contributed by atoms with Crippen LogP contribution in [0.4, 0.5) is 0 Å². The van der Waals surface area contributed by atoms with Crippen molar-refractivity contribution in [3.8, 4) is 23.3 Å². The monoisotopic (exact) mass is 408 g/mol. The Morgan fingerprint density at radius 3 is 2.40 bits per heavy atom. The Kier molecular flexibility index (Phi) is 5.47. The zero-order valence-corrected chi connectivity index (χ0v) is 17.9. The molecule has 3 aromatic rings. The predicted molar refractivity (Wildman–Crippen MR) is 114 cm³/mol. The van der Waals surface area contributed by atoms with Gasteiger partial charge in [0.15, 0.2) is 11.5 Å². The fraction of sp³-hybridized carbons (Fsp3) is 0.304. The first kappa shape index (κ1) is 21.2. The molecule has 2 aromatic heterocycles. The van der Waals surface area contributed by atoms with Crippen molar-refractivity contribution in [2.75, 3.05) is 7.11 Å². The van der Waals surface area contributed by atoms with Gasteiger partial charge in [0.2, 0.25) is 0 Å². The molecule has 0 aliphatic rings. The number of aliphatic hydroxyl groups is 1. The number of hydrogen-bond donors (Lipinski definition) is 1. The Balaban J connectivity index is 2.27. The number of aromatic nitrogens is 2. The van der Waals surface area contributed by atoms with E-state index in [1.807, 2.05) is 0 Å². The standard InChI is InChI=1S/C23H24N2O5/c1-14-18(22(27)30-17-10-8-7-9-16(17)29-6)19-15(11-12-23(2,3)28)13-24(4)21(26)20(19)25(14)5/h7-10,13,28H,1-6H3. The van der Waals surface area contributed by atoms with Crippen molar-refractivity contribution in [1.29, 1.82) is 0 Å². The normalized spacial score (nSPS) is 11.2. The average molecular weight is 408 g/mol. The summed E-state index contributed by atoms with van der Waals surface area (Å²) in [7, 11) is 4.82. The predicted octanol–water partition coefficient (Wildman–Crippen LogP) is 2.54. The molecule has 1 N–H and O–H groups in total. The Hall–Kier alpha value is -3.50. The van der Waals surface area contributed by atoms with Gasteiger partial charge in [-0.25, -0.2) is 4.79 Å². The first-order valence-electron chi connectivity index (χ1n) is 9.34. The Bertz CT molecular complexity index is 1260. The average Bonchev–Trinajstić information content (AvgIpc) is 2.95. The molecule has 0 spiro atoms. The van der Waals surface area contributed by atoms with Crippen molar-refractivity contribution in [1.82, 2.24) is 9.13 Å². The number of aryl methyl sites for hydroxylation is 2. The lowest BCUT2D eigenvalue weighted by atomic mass is 10.1. The molecule has 0 unspecified atom stereocenters. The van der Waals surface area contributed by atoms with Crippen LogP contribution in [0.5, 0.6) is 11.5 Å². The van der Waals surface area contributed by atoms with Gasteiger partial charge in [0.25, 0.3) is 5.56 Å². The molecule has 0 aliphatic carbocycles. The Morgan fingerprint density at radius 1 is 1.17 bits per heavy atom. The molecule has 1 aromatic carbocycles. The van der Waals surface area contributed by atoms with Crippen LogP contribution in [0.1, 0.15) is 35.5 Å². The van der Waals surface area contributed by atoms with E-state index >= 15 is 0 Å². The molecule has 0 bridgehead atoms. The number of carbonyl (C=O) groups is 1. The summed E-state index contributed by atoms with van der Waals surface area (Å²) in [4.78, 5) is 26.0. The molecular weight excluding hydrogens is 384 g/mol. The van der Waals surface area contributed by atoms with Gasteiger partial charge >= 0.3 is 5.97 Å². The van der Waals surface area contributed by atoms with E-state index in [1.165, 1.54) is 11.7 Å². The van der Waals surface area contributed by atoms with E-state index in [-0.39, 0.29) is 16.9 Å². The molecule has 0 atom stereocenters. The van der Waals surface area contributed by atoms with Gasteiger partial charge < -0.3 is 23.7 Å². The fourth-order valence-electron chi connectivity index (χ4n) is 3.22. The zero-order chi connectivity index (χ0) is 22.2. The molecule has 2 heterocycles. The molecule has 0 aliphatic heterocycles. The van der Waals surface area contributed by atoms with Crippen LogP contribution in [-0.2, 0) is 14.1 Å². The summed E-state index contributed by atoms with van der Waals surface area (Å²) in [6.07, 6.45) is 1.56. The summed E-state index contributed by atoms with van der Waals surface area (Å²) >= 11 is 0. The van der Waals surface area contributed by atoms with Gasteiger partial charge in [-0.15, -0.1) is 0 Å². The van der Waals surface area contributed by atoms with Crippen molar-refractivity contribution in [3.63, 3.8) is 0 Å². The lowest BCUT2D eigenvalue weighted by molar-refractivity contribution is 0.0730. The number of nitrogens with zero attached hydrogens (tertiary/aromatic N) is 2. The minimum Gasteiger partial charge on any atom is -0.493 e. The van der Waals surface area contributed by atoms with E-state index in [4.69, 9.17) is 9.47 Å². The third-order valence-electron chi connectivity index (χ3n) is 4.78. The van der Waals surface area contributed by atoms with E-state index in [0.29, 0.717) is 27.9 Å². The summed E-state index contributed by atoms with van der Waals surface area (Å²) in [6.45, 7) is 4.87. The van der Waals surface area contributed by atoms with Crippen LogP contribution < -0.4 is 15.0 Å². The number of esters is 1. The highest BCUT2D eigenvalue weighted by Crippen LogP contribution is 2.30. The molecule has 7 heteroatoms. The maximum Gasteiger partial charge on any atom is 0.346 e. The first-order chi connectivity index (χ1) is 14.0. The molecule has 156 valence electrons. The van der Waals surface area contributed by atoms with Gasteiger partial charge in [0.05, 0.1) is 18.2 Å². The maximum absolute atomic E-state index is 13.2. The minimum absolute atomic E-state index is 0.246. The third-order valence-corrected chi connectivity index (χ3v) is 4.78. The third kappa shape index (κ3) is 3.82. The number of hydrogen-bond acceptors (Lipinski definition) is 5. The van der Waals surface area contributed by atoms with Gasteiger partial charge in [-0.05, 0) is 32.9 Å². The second-order valence-electron chi connectivity index (χ2n) is 7.55. The van der Waals surface area contributed by atoms with E-state index in [2.05, 4.69) is 11.8 Å². The van der Waals surface area contributed by atoms with Gasteiger partial charge in [-0.2, -0.15) is 0 Å². The van der Waals surface area contributed by atoms with Crippen LogP contribution in [0, 0.1) is 18.8 Å². The number of methoxy groups -OCH3 is 1. The van der Waals surface area contributed by atoms with Crippen molar-refractivity contribution < 1.29 is 19.4 Å². The SMILES string of the molecule is COc1ccccc1OC(=O)c1c(C)n(C)c2c(=O)n(C)cc(C#CC(C)(C)O)c12. The number of para-hydroxylation sites is 2. The quantitative estimate of drug-likeness (QED) is 0.409. The molecule has 3 rings (SSSR count). The van der Waals surface area contributed by atoms with Gasteiger partial charge in [0.1, 0.15) is 11.1 Å². The zero-order valence-electron chi connectivity index (χ0n) is 17.9. The van der Waals surface area contributed by atoms with E-state index < -0.39 is 11.6 Å². The van der Waals surface area contributed by atoms with Gasteiger partial charge in [-0.1, -0.05) is 24.0 Å². The Morgan fingerprint density at radius 2 is 1.80 bits per heavy atom. The topological polar surface area (TPSA) is 82.7 Å². The highest BCUT2D eigenvalue weighted by molar-refractivity contribution is 6.08. The van der Waals surface area contributed by atoms with Crippen molar-refractivity contribution in [2.24, 2.45) is 14.1 Å². The van der Waals surface area contributed by atoms with Crippen molar-refractivity contribution in [3.05, 3.63) is 57.6 Å². The van der Waals surface area contributed by atoms with Gasteiger partial charge in [-0.3, -0.25) is 4.79 Å². The Labute approximate surface area is 174 Å². The maximum atomic E-state index is 13.2. The number of carbonyl (C=O) groups excluding carboxylic acids is 1. The van der Waals surface area contributed by atoms with Crippen LogP contribution in [0.3, 0.4) is 0 Å². The molecule has 0 fully saturated rings. The summed E-state index contributed by atoms with van der Waals surface area (Å²) in [5.74, 6) is 5.73. The fourth-order valence-corrected chi connectivity index (χ4v) is 3.22. The number of rotatable bonds is 3. The molecular formula is C23H24N2O5. The second-order valence-corrected chi connectivity index (χ2v) is 7.55. The number of ether oxygens (including phenoxy) is 2. The lowest BCUT2D eigenvalue weighted by Crippen LogP contribution is -2.19. The number of fused-ring (bicyclic) bond motifs is 1. The number of benzene rings is 1. The molecule has 0 saturated carbocycles. The second kappa shape index (κ2) is 7.73. The minimum atomic E-state index is -1.23. The van der Waals surface area contributed by atoms with E-state index in [1.54, 1.807) is 69.9 Å². The summed E-state index contributed by atoms with van der Waals surface area (Å²) in [5.41, 5.74) is 0.106. The highest BCUT2D eigenvalue weighted by atomic mass is 16.6. The van der Waals surface area contributed by atoms with Crippen molar-refractivity contribution >= 4 is 16.9 Å². The van der Waals surface area contributed by atoms with E-state index in [0.717, 1.165) is 0 Å². The summed E-state index contributed by atoms with van der Waals surface area (Å²) < 4.78 is 13.9. The number of pyridine rings is 1. The molecule has 0 amide bonds. The summed E-state index contributed by atoms with van der Waals surface area (Å²) in [6, 6.07) is 6.82. The molecule has 30 heavy (non-hydrogen) atoms. The van der Waals surface area contributed by atoms with Crippen LogP contribution >= 0.6 is 0 Å². The van der Waals surface area contributed by atoms with Crippen LogP contribution in [0.15, 0.2) is 35.3 Å². The molecule has 7 nitrogen and oxygen atoms in total. The van der Waals surface area contributed by atoms with Crippen molar-refractivity contribution in [2.45, 2.75) is 26.4 Å². The molecule has 0 saturated heterocycles. The van der Waals surface area contributed by atoms with Crippen LogP contribution in [0.2, 0.25) is 0 Å². The van der Waals surface area contributed by atoms with E-state index in [9.17, 15) is 14.7 Å². The highest BCUT2D eigenvalue weighted by Gasteiger charge is 2.26. The first-order valence-corrected chi connectivity index (χ1v) is 9.34. The lowest BCUT2D eigenvalue weighted by Gasteiger charge is -2.10. The molecule has 0 radical (unpaired) electrons. The largest absolute Gasteiger partial charge is 0.493 e. The van der Waals surface area contributed by atoms with Crippen LogP contribution in [0.25, 0.3) is 10.9 Å². The summed E-state index contributed by atoms with van der Waals surface area (Å²) in [5, 5.41) is 10.4. The van der Waals surface area contributed by atoms with Gasteiger partial charge in [0, 0.05) is 31.4 Å². The van der Waals surface area contributed by atoms with Crippen LogP contribution in [-0.4, -0.2) is 32.9 Å². The smallest absolute Gasteiger partial charge is 0.346 e.